The lowest BCUT2D eigenvalue weighted by molar-refractivity contribution is -0.198. The number of nitrogens with zero attached hydrogens (tertiary/aromatic N) is 5. The number of carboxylic acid groups (broad SMARTS) is 1. The molecule has 2 aliphatic heterocycles. The minimum atomic E-state index is -4.84. The van der Waals surface area contributed by atoms with E-state index in [-0.39, 0.29) is 34.5 Å². The molecule has 4 aromatic rings. The molecule has 14 heteroatoms. The summed E-state index contributed by atoms with van der Waals surface area (Å²) in [5, 5.41) is 17.3. The van der Waals surface area contributed by atoms with Crippen LogP contribution in [0.25, 0.3) is 16.8 Å². The van der Waals surface area contributed by atoms with Gasteiger partial charge in [0.05, 0.1) is 18.0 Å². The molecule has 2 saturated heterocycles. The van der Waals surface area contributed by atoms with E-state index in [4.69, 9.17) is 15.2 Å². The summed E-state index contributed by atoms with van der Waals surface area (Å²) < 4.78 is 57.8. The molecule has 2 aliphatic rings. The minimum Gasteiger partial charge on any atom is -0.493 e. The van der Waals surface area contributed by atoms with E-state index < -0.39 is 24.3 Å². The molecule has 0 aliphatic carbocycles. The first kappa shape index (κ1) is 36.0. The molecule has 0 bridgehead atoms. The van der Waals surface area contributed by atoms with Crippen LogP contribution in [0.4, 0.5) is 24.9 Å². The number of anilines is 2. The van der Waals surface area contributed by atoms with Gasteiger partial charge in [0.1, 0.15) is 17.6 Å². The van der Waals surface area contributed by atoms with Gasteiger partial charge in [-0.15, -0.1) is 0 Å². The number of ether oxygens (including phenoxy) is 2. The number of rotatable bonds is 11. The van der Waals surface area contributed by atoms with Crippen LogP contribution in [0.1, 0.15) is 63.8 Å². The molecule has 1 spiro atoms. The molecule has 4 N–H and O–H groups in total. The molecule has 51 heavy (non-hydrogen) atoms. The zero-order valence-corrected chi connectivity index (χ0v) is 29.2. The van der Waals surface area contributed by atoms with Crippen LogP contribution in [0, 0.1) is 18.3 Å². The number of benzene rings is 2. The van der Waals surface area contributed by atoms with Gasteiger partial charge >= 0.3 is 12.1 Å². The number of aromatic nitrogens is 4. The number of aryl methyl sites for hydroxylation is 1. The molecule has 3 atom stereocenters. The Morgan fingerprint density at radius 1 is 1.08 bits per heavy atom. The van der Waals surface area contributed by atoms with E-state index in [0.29, 0.717) is 67.7 Å². The van der Waals surface area contributed by atoms with Gasteiger partial charge in [-0.2, -0.15) is 28.2 Å². The number of nitrogens with two attached hydrogens (primary N) is 1. The van der Waals surface area contributed by atoms with Gasteiger partial charge in [-0.1, -0.05) is 45.0 Å². The number of nitrogens with one attached hydrogen (secondary N) is 1. The van der Waals surface area contributed by atoms with Gasteiger partial charge < -0.3 is 30.5 Å². The van der Waals surface area contributed by atoms with Crippen LogP contribution in [0.3, 0.4) is 0 Å². The fraction of sp³-hybridized carbons (Fsp3) is 0.459. The van der Waals surface area contributed by atoms with E-state index in [1.54, 1.807) is 31.3 Å². The van der Waals surface area contributed by atoms with Gasteiger partial charge in [0.2, 0.25) is 17.9 Å². The summed E-state index contributed by atoms with van der Waals surface area (Å²) in [5.41, 5.74) is 8.01. The number of carboxylic acids is 1. The second-order valence-corrected chi connectivity index (χ2v) is 13.9. The molecule has 2 aromatic carbocycles. The SMILES string of the molecule is CCC1NC(C(=O)O)CC12CCN(c1cc(O[C@H](c3ccc(-c4ccc(OCC(C)C)cc4)cc3-n3ccc(C)n3)C(F)(F)F)nc(N)n1)CC2. The zero-order valence-electron chi connectivity index (χ0n) is 29.2. The standard InChI is InChI=1S/C37H44F3N7O4/c1-5-30-36(20-28(42-30)34(48)49)13-16-46(17-14-36)31-19-32(44-35(41)43-31)51-33(37(38,39)40)27-11-8-25(18-29(27)47-15-12-23(4)45-47)24-6-9-26(10-7-24)50-21-22(2)3/h6-12,15,18-19,22,28,30,33,42H,5,13-14,16-17,20-21H2,1-4H3,(H,48,49)(H2,41,43,44)/t28?,30?,33-/m1/s1. The van der Waals surface area contributed by atoms with E-state index in [9.17, 15) is 23.1 Å². The molecule has 2 aromatic heterocycles. The van der Waals surface area contributed by atoms with Crippen LogP contribution in [0.2, 0.25) is 0 Å². The van der Waals surface area contributed by atoms with E-state index >= 15 is 0 Å². The third-order valence-electron chi connectivity index (χ3n) is 9.84. The number of halogens is 3. The summed E-state index contributed by atoms with van der Waals surface area (Å²) in [5.74, 6) is 0.0198. The summed E-state index contributed by atoms with van der Waals surface area (Å²) >= 11 is 0. The van der Waals surface area contributed by atoms with Gasteiger partial charge in [-0.05, 0) is 79.3 Å². The molecule has 2 fully saturated rings. The average molecular weight is 708 g/mol. The Kier molecular flexibility index (Phi) is 10.2. The monoisotopic (exact) mass is 707 g/mol. The number of hydrogen-bond donors (Lipinski definition) is 3. The Balaban J connectivity index is 1.28. The lowest BCUT2D eigenvalue weighted by Gasteiger charge is -2.43. The predicted molar refractivity (Wildman–Crippen MR) is 187 cm³/mol. The molecular formula is C37H44F3N7O4. The van der Waals surface area contributed by atoms with E-state index in [1.165, 1.54) is 16.8 Å². The van der Waals surface area contributed by atoms with Crippen LogP contribution in [-0.4, -0.2) is 68.8 Å². The second-order valence-electron chi connectivity index (χ2n) is 13.9. The van der Waals surface area contributed by atoms with E-state index in [0.717, 1.165) is 12.0 Å². The van der Waals surface area contributed by atoms with Crippen LogP contribution < -0.4 is 25.4 Å². The molecule has 2 unspecified atom stereocenters. The molecule has 0 saturated carbocycles. The van der Waals surface area contributed by atoms with Crippen LogP contribution in [0.5, 0.6) is 11.6 Å². The molecule has 11 nitrogen and oxygen atoms in total. The average Bonchev–Trinajstić information content (AvgIpc) is 3.69. The maximum Gasteiger partial charge on any atom is 0.429 e. The van der Waals surface area contributed by atoms with Crippen LogP contribution >= 0.6 is 0 Å². The number of hydrogen-bond acceptors (Lipinski definition) is 9. The predicted octanol–water partition coefficient (Wildman–Crippen LogP) is 6.75. The first-order chi connectivity index (χ1) is 24.2. The largest absolute Gasteiger partial charge is 0.493 e. The third kappa shape index (κ3) is 7.90. The number of carbonyl (C=O) groups is 1. The number of piperidine rings is 1. The smallest absolute Gasteiger partial charge is 0.429 e. The zero-order chi connectivity index (χ0) is 36.5. The fourth-order valence-corrected chi connectivity index (χ4v) is 7.25. The van der Waals surface area contributed by atoms with Crippen molar-refractivity contribution in [2.75, 3.05) is 30.3 Å². The lowest BCUT2D eigenvalue weighted by Crippen LogP contribution is -2.46. The number of nitrogen functional groups attached to an aromatic ring is 1. The highest BCUT2D eigenvalue weighted by atomic mass is 19.4. The van der Waals surface area contributed by atoms with Crippen molar-refractivity contribution < 1.29 is 32.5 Å². The lowest BCUT2D eigenvalue weighted by atomic mass is 9.71. The quantitative estimate of drug-likeness (QED) is 0.153. The van der Waals surface area contributed by atoms with Crippen molar-refractivity contribution in [2.45, 2.75) is 77.7 Å². The highest BCUT2D eigenvalue weighted by Crippen LogP contribution is 2.46. The Morgan fingerprint density at radius 3 is 2.39 bits per heavy atom. The summed E-state index contributed by atoms with van der Waals surface area (Å²) in [6.45, 7) is 9.54. The van der Waals surface area contributed by atoms with Crippen molar-refractivity contribution in [1.29, 1.82) is 0 Å². The summed E-state index contributed by atoms with van der Waals surface area (Å²) in [7, 11) is 0. The molecule has 4 heterocycles. The van der Waals surface area contributed by atoms with Crippen molar-refractivity contribution in [1.82, 2.24) is 25.1 Å². The van der Waals surface area contributed by atoms with Gasteiger partial charge in [0.25, 0.3) is 0 Å². The summed E-state index contributed by atoms with van der Waals surface area (Å²) in [4.78, 5) is 22.1. The normalized spacial score (nSPS) is 19.4. The van der Waals surface area contributed by atoms with Crippen molar-refractivity contribution in [3.63, 3.8) is 0 Å². The Labute approximate surface area is 295 Å². The van der Waals surface area contributed by atoms with Crippen molar-refractivity contribution in [3.8, 4) is 28.4 Å². The fourth-order valence-electron chi connectivity index (χ4n) is 7.25. The Bertz CT molecular complexity index is 1840. The summed E-state index contributed by atoms with van der Waals surface area (Å²) in [6, 6.07) is 14.7. The van der Waals surface area contributed by atoms with E-state index in [1.807, 2.05) is 36.1 Å². The molecule has 0 amide bonds. The van der Waals surface area contributed by atoms with Gasteiger partial charge in [0.15, 0.2) is 0 Å². The molecule has 0 radical (unpaired) electrons. The Hall–Kier alpha value is -4.85. The van der Waals surface area contributed by atoms with Crippen LogP contribution in [-0.2, 0) is 4.79 Å². The maximum atomic E-state index is 15.0. The topological polar surface area (TPSA) is 141 Å². The van der Waals surface area contributed by atoms with Gasteiger partial charge in [0, 0.05) is 37.0 Å². The first-order valence-corrected chi connectivity index (χ1v) is 17.3. The van der Waals surface area contributed by atoms with Crippen LogP contribution in [0.15, 0.2) is 60.8 Å². The number of alkyl halides is 3. The number of aliphatic carboxylic acids is 1. The first-order valence-electron chi connectivity index (χ1n) is 17.3. The Morgan fingerprint density at radius 2 is 1.78 bits per heavy atom. The van der Waals surface area contributed by atoms with E-state index in [2.05, 4.69) is 34.2 Å². The van der Waals surface area contributed by atoms with Crippen molar-refractivity contribution in [2.24, 2.45) is 11.3 Å². The van der Waals surface area contributed by atoms with Gasteiger partial charge in [-0.3, -0.25) is 4.79 Å². The molecule has 6 rings (SSSR count). The van der Waals surface area contributed by atoms with Gasteiger partial charge in [-0.25, -0.2) is 4.68 Å². The van der Waals surface area contributed by atoms with Crippen molar-refractivity contribution in [3.05, 3.63) is 72.1 Å². The highest BCUT2D eigenvalue weighted by Gasteiger charge is 2.50. The summed E-state index contributed by atoms with van der Waals surface area (Å²) in [6.07, 6.45) is -2.93. The van der Waals surface area contributed by atoms with Crippen molar-refractivity contribution >= 4 is 17.7 Å². The highest BCUT2D eigenvalue weighted by molar-refractivity contribution is 5.74. The minimum absolute atomic E-state index is 0.0601. The molecule has 272 valence electrons. The second kappa shape index (κ2) is 14.4. The third-order valence-corrected chi connectivity index (χ3v) is 9.84. The maximum absolute atomic E-state index is 15.0. The molecular weight excluding hydrogens is 663 g/mol.